The normalized spacial score (nSPS) is 18.1. The summed E-state index contributed by atoms with van der Waals surface area (Å²) in [4.78, 5) is 39.6. The third-order valence-corrected chi connectivity index (χ3v) is 4.53. The SMILES string of the molecule is CC(=O)SCC1CC(=O)N(c2cc(Br)cnc2C(=O)O)C1. The molecule has 1 aromatic heterocycles. The Labute approximate surface area is 134 Å². The summed E-state index contributed by atoms with van der Waals surface area (Å²) >= 11 is 4.42. The van der Waals surface area contributed by atoms with Gasteiger partial charge in [0.25, 0.3) is 0 Å². The third kappa shape index (κ3) is 3.82. The van der Waals surface area contributed by atoms with E-state index in [2.05, 4.69) is 20.9 Å². The number of nitrogens with zero attached hydrogens (tertiary/aromatic N) is 2. The highest BCUT2D eigenvalue weighted by atomic mass is 79.9. The summed E-state index contributed by atoms with van der Waals surface area (Å²) in [6, 6.07) is 1.58. The van der Waals surface area contributed by atoms with Crippen LogP contribution in [0.25, 0.3) is 0 Å². The number of carbonyl (C=O) groups excluding carboxylic acids is 2. The van der Waals surface area contributed by atoms with Gasteiger partial charge >= 0.3 is 5.97 Å². The number of carbonyl (C=O) groups is 3. The first-order valence-electron chi connectivity index (χ1n) is 6.21. The van der Waals surface area contributed by atoms with Gasteiger partial charge in [0.05, 0.1) is 5.69 Å². The van der Waals surface area contributed by atoms with Crippen molar-refractivity contribution in [1.29, 1.82) is 0 Å². The van der Waals surface area contributed by atoms with E-state index in [4.69, 9.17) is 0 Å². The highest BCUT2D eigenvalue weighted by Crippen LogP contribution is 2.30. The Morgan fingerprint density at radius 2 is 2.29 bits per heavy atom. The van der Waals surface area contributed by atoms with Gasteiger partial charge in [0.15, 0.2) is 10.8 Å². The number of hydrogen-bond donors (Lipinski definition) is 1. The second-order valence-electron chi connectivity index (χ2n) is 4.70. The topological polar surface area (TPSA) is 87.6 Å². The average Bonchev–Trinajstić information content (AvgIpc) is 2.77. The van der Waals surface area contributed by atoms with Crippen LogP contribution >= 0.6 is 27.7 Å². The Hall–Kier alpha value is -1.41. The first-order valence-corrected chi connectivity index (χ1v) is 7.99. The van der Waals surface area contributed by atoms with Crippen LogP contribution in [0.5, 0.6) is 0 Å². The lowest BCUT2D eigenvalue weighted by atomic mass is 10.1. The fraction of sp³-hybridized carbons (Fsp3) is 0.385. The van der Waals surface area contributed by atoms with E-state index in [9.17, 15) is 19.5 Å². The minimum Gasteiger partial charge on any atom is -0.476 e. The quantitative estimate of drug-likeness (QED) is 0.871. The number of carboxylic acids is 1. The second-order valence-corrected chi connectivity index (χ2v) is 6.82. The van der Waals surface area contributed by atoms with Crippen LogP contribution in [-0.2, 0) is 9.59 Å². The van der Waals surface area contributed by atoms with E-state index in [1.54, 1.807) is 6.07 Å². The number of pyridine rings is 1. The Balaban J connectivity index is 2.22. The van der Waals surface area contributed by atoms with Crippen molar-refractivity contribution in [2.24, 2.45) is 5.92 Å². The molecule has 1 aliphatic heterocycles. The van der Waals surface area contributed by atoms with Crippen LogP contribution in [0, 0.1) is 5.92 Å². The minimum atomic E-state index is -1.17. The predicted molar refractivity (Wildman–Crippen MR) is 82.5 cm³/mol. The van der Waals surface area contributed by atoms with Gasteiger partial charge in [-0.1, -0.05) is 11.8 Å². The van der Waals surface area contributed by atoms with Crippen LogP contribution in [0.4, 0.5) is 5.69 Å². The second kappa shape index (κ2) is 6.57. The Morgan fingerprint density at radius 3 is 2.90 bits per heavy atom. The average molecular weight is 373 g/mol. The van der Waals surface area contributed by atoms with Gasteiger partial charge in [-0.25, -0.2) is 9.78 Å². The van der Waals surface area contributed by atoms with Crippen molar-refractivity contribution in [2.45, 2.75) is 13.3 Å². The van der Waals surface area contributed by atoms with E-state index >= 15 is 0 Å². The molecule has 21 heavy (non-hydrogen) atoms. The number of carboxylic acid groups (broad SMARTS) is 1. The summed E-state index contributed by atoms with van der Waals surface area (Å²) in [5, 5.41) is 9.19. The number of thioether (sulfide) groups is 1. The van der Waals surface area contributed by atoms with Crippen LogP contribution in [0.3, 0.4) is 0 Å². The minimum absolute atomic E-state index is 0.0104. The van der Waals surface area contributed by atoms with Gasteiger partial charge in [0.1, 0.15) is 0 Å². The standard InChI is InChI=1S/C13H13BrN2O4S/c1-7(17)21-6-8-2-11(18)16(5-8)10-3-9(14)4-15-12(10)13(19)20/h3-4,8H,2,5-6H2,1H3,(H,19,20). The molecule has 1 amide bonds. The highest BCUT2D eigenvalue weighted by Gasteiger charge is 2.33. The van der Waals surface area contributed by atoms with Gasteiger partial charge in [0.2, 0.25) is 5.91 Å². The fourth-order valence-electron chi connectivity index (χ4n) is 2.16. The van der Waals surface area contributed by atoms with E-state index in [0.29, 0.717) is 23.2 Å². The number of rotatable bonds is 4. The lowest BCUT2D eigenvalue weighted by Crippen LogP contribution is -2.27. The molecule has 0 aliphatic carbocycles. The molecule has 0 spiro atoms. The van der Waals surface area contributed by atoms with Gasteiger partial charge in [0, 0.05) is 36.3 Å². The molecule has 0 bridgehead atoms. The maximum absolute atomic E-state index is 12.1. The van der Waals surface area contributed by atoms with E-state index in [0.717, 1.165) is 0 Å². The van der Waals surface area contributed by atoms with Crippen molar-refractivity contribution < 1.29 is 19.5 Å². The monoisotopic (exact) mass is 372 g/mol. The van der Waals surface area contributed by atoms with Crippen LogP contribution in [0.2, 0.25) is 0 Å². The largest absolute Gasteiger partial charge is 0.476 e. The Bertz CT molecular complexity index is 608. The molecule has 0 aromatic carbocycles. The summed E-state index contributed by atoms with van der Waals surface area (Å²) in [5.74, 6) is -0.730. The molecule has 1 atom stereocenters. The van der Waals surface area contributed by atoms with Crippen LogP contribution in [0.15, 0.2) is 16.7 Å². The first-order chi connectivity index (χ1) is 9.88. The zero-order valence-corrected chi connectivity index (χ0v) is 13.6. The third-order valence-electron chi connectivity index (χ3n) is 3.05. The maximum atomic E-state index is 12.1. The smallest absolute Gasteiger partial charge is 0.356 e. The number of aromatic carboxylic acids is 1. The van der Waals surface area contributed by atoms with Crippen molar-refractivity contribution >= 4 is 50.4 Å². The number of hydrogen-bond acceptors (Lipinski definition) is 5. The molecule has 0 saturated carbocycles. The van der Waals surface area contributed by atoms with Gasteiger partial charge in [-0.3, -0.25) is 9.59 Å². The molecule has 6 nitrogen and oxygen atoms in total. The molecule has 1 aromatic rings. The summed E-state index contributed by atoms with van der Waals surface area (Å²) in [6.45, 7) is 1.89. The summed E-state index contributed by atoms with van der Waals surface area (Å²) in [7, 11) is 0. The first kappa shape index (κ1) is 16.0. The number of anilines is 1. The molecule has 1 N–H and O–H groups in total. The molecule has 1 fully saturated rings. The van der Waals surface area contributed by atoms with Gasteiger partial charge in [-0.2, -0.15) is 0 Å². The van der Waals surface area contributed by atoms with Crippen molar-refractivity contribution in [3.8, 4) is 0 Å². The lowest BCUT2D eigenvalue weighted by Gasteiger charge is -2.18. The van der Waals surface area contributed by atoms with Crippen molar-refractivity contribution in [3.63, 3.8) is 0 Å². The molecule has 1 aliphatic rings. The molecule has 8 heteroatoms. The number of halogens is 1. The van der Waals surface area contributed by atoms with Gasteiger partial charge < -0.3 is 10.0 Å². The van der Waals surface area contributed by atoms with Crippen molar-refractivity contribution in [2.75, 3.05) is 17.2 Å². The predicted octanol–water partition coefficient (Wildman–Crippen LogP) is 2.17. The highest BCUT2D eigenvalue weighted by molar-refractivity contribution is 9.10. The molecule has 0 radical (unpaired) electrons. The van der Waals surface area contributed by atoms with Crippen LogP contribution < -0.4 is 4.90 Å². The number of aromatic nitrogens is 1. The summed E-state index contributed by atoms with van der Waals surface area (Å²) in [6.07, 6.45) is 1.70. The van der Waals surface area contributed by atoms with E-state index in [-0.39, 0.29) is 28.3 Å². The van der Waals surface area contributed by atoms with Crippen molar-refractivity contribution in [1.82, 2.24) is 4.98 Å². The van der Waals surface area contributed by atoms with E-state index in [1.807, 2.05) is 0 Å². The Kier molecular flexibility index (Phi) is 5.00. The molecular formula is C13H13BrN2O4S. The molecule has 2 rings (SSSR count). The summed E-state index contributed by atoms with van der Waals surface area (Å²) < 4.78 is 0.608. The molecule has 1 unspecified atom stereocenters. The van der Waals surface area contributed by atoms with Crippen molar-refractivity contribution in [3.05, 3.63) is 22.4 Å². The lowest BCUT2D eigenvalue weighted by molar-refractivity contribution is -0.117. The maximum Gasteiger partial charge on any atom is 0.356 e. The summed E-state index contributed by atoms with van der Waals surface area (Å²) in [5.41, 5.74) is 0.142. The van der Waals surface area contributed by atoms with Crippen LogP contribution in [-0.4, -0.2) is 39.4 Å². The van der Waals surface area contributed by atoms with E-state index < -0.39 is 5.97 Å². The molecule has 1 saturated heterocycles. The number of amides is 1. The zero-order chi connectivity index (χ0) is 15.6. The van der Waals surface area contributed by atoms with E-state index in [1.165, 1.54) is 29.8 Å². The van der Waals surface area contributed by atoms with Gasteiger partial charge in [-0.15, -0.1) is 0 Å². The van der Waals surface area contributed by atoms with Gasteiger partial charge in [-0.05, 0) is 27.9 Å². The molecule has 2 heterocycles. The fourth-order valence-corrected chi connectivity index (χ4v) is 3.17. The Morgan fingerprint density at radius 1 is 1.57 bits per heavy atom. The zero-order valence-electron chi connectivity index (χ0n) is 11.2. The van der Waals surface area contributed by atoms with Crippen LogP contribution in [0.1, 0.15) is 23.8 Å². The molecule has 112 valence electrons. The molecular weight excluding hydrogens is 360 g/mol.